The third kappa shape index (κ3) is 2.40. The van der Waals surface area contributed by atoms with Crippen LogP contribution in [0.15, 0.2) is 36.5 Å². The van der Waals surface area contributed by atoms with E-state index in [-0.39, 0.29) is 0 Å². The van der Waals surface area contributed by atoms with E-state index in [1.807, 2.05) is 47.9 Å². The highest BCUT2D eigenvalue weighted by atomic mass is 35.5. The predicted molar refractivity (Wildman–Crippen MR) is 88.0 cm³/mol. The molecule has 0 atom stereocenters. The number of alkyl halides is 1. The van der Waals surface area contributed by atoms with Gasteiger partial charge in [-0.3, -0.25) is 0 Å². The highest BCUT2D eigenvalue weighted by Gasteiger charge is 2.15. The van der Waals surface area contributed by atoms with Gasteiger partial charge in [-0.25, -0.2) is 4.98 Å². The Morgan fingerprint density at radius 1 is 1.09 bits per heavy atom. The Morgan fingerprint density at radius 3 is 2.55 bits per heavy atom. The molecule has 0 bridgehead atoms. The van der Waals surface area contributed by atoms with Gasteiger partial charge in [-0.15, -0.1) is 11.6 Å². The molecule has 3 aromatic rings. The number of pyridine rings is 1. The van der Waals surface area contributed by atoms with Crippen LogP contribution in [0.4, 0.5) is 0 Å². The molecule has 0 saturated carbocycles. The zero-order chi connectivity index (χ0) is 15.7. The molecule has 0 aliphatic heterocycles. The Labute approximate surface area is 134 Å². The maximum atomic E-state index is 6.17. The minimum absolute atomic E-state index is 0.383. The number of ether oxygens (including phenoxy) is 2. The second kappa shape index (κ2) is 5.89. The molecule has 0 radical (unpaired) electrons. The molecule has 0 N–H and O–H groups in total. The number of aryl methyl sites for hydroxylation is 1. The van der Waals surface area contributed by atoms with Gasteiger partial charge >= 0.3 is 0 Å². The molecule has 5 heteroatoms. The lowest BCUT2D eigenvalue weighted by Gasteiger charge is -2.09. The minimum Gasteiger partial charge on any atom is -0.493 e. The summed E-state index contributed by atoms with van der Waals surface area (Å²) >= 11 is 6.17. The van der Waals surface area contributed by atoms with Crippen LogP contribution >= 0.6 is 11.6 Å². The zero-order valence-electron chi connectivity index (χ0n) is 12.8. The number of benzene rings is 1. The van der Waals surface area contributed by atoms with Gasteiger partial charge in [0, 0.05) is 11.8 Å². The SMILES string of the molecule is COc1ccc(-c2nc3ccc(C)cn3c2CCl)cc1OC. The van der Waals surface area contributed by atoms with Crippen LogP contribution in [0.3, 0.4) is 0 Å². The van der Waals surface area contributed by atoms with E-state index in [4.69, 9.17) is 26.1 Å². The fraction of sp³-hybridized carbons (Fsp3) is 0.235. The summed E-state index contributed by atoms with van der Waals surface area (Å²) in [6.07, 6.45) is 2.05. The van der Waals surface area contributed by atoms with Gasteiger partial charge in [-0.2, -0.15) is 0 Å². The van der Waals surface area contributed by atoms with Crippen molar-refractivity contribution in [2.45, 2.75) is 12.8 Å². The largest absolute Gasteiger partial charge is 0.493 e. The number of rotatable bonds is 4. The summed E-state index contributed by atoms with van der Waals surface area (Å²) < 4.78 is 12.7. The first-order chi connectivity index (χ1) is 10.7. The molecule has 0 amide bonds. The molecule has 2 heterocycles. The van der Waals surface area contributed by atoms with Gasteiger partial charge in [-0.1, -0.05) is 6.07 Å². The Morgan fingerprint density at radius 2 is 1.86 bits per heavy atom. The van der Waals surface area contributed by atoms with Crippen molar-refractivity contribution in [3.63, 3.8) is 0 Å². The summed E-state index contributed by atoms with van der Waals surface area (Å²) in [5, 5.41) is 0. The molecule has 1 aromatic carbocycles. The van der Waals surface area contributed by atoms with Crippen molar-refractivity contribution in [3.05, 3.63) is 47.8 Å². The number of imidazole rings is 1. The van der Waals surface area contributed by atoms with Crippen LogP contribution in [0, 0.1) is 6.92 Å². The van der Waals surface area contributed by atoms with E-state index in [0.717, 1.165) is 28.2 Å². The van der Waals surface area contributed by atoms with Crippen molar-refractivity contribution in [1.82, 2.24) is 9.38 Å². The van der Waals surface area contributed by atoms with Gasteiger partial charge in [-0.05, 0) is 36.8 Å². The molecule has 4 nitrogen and oxygen atoms in total. The van der Waals surface area contributed by atoms with Crippen molar-refractivity contribution in [2.24, 2.45) is 0 Å². The average Bonchev–Trinajstić information content (AvgIpc) is 2.91. The summed E-state index contributed by atoms with van der Waals surface area (Å²) in [7, 11) is 3.24. The van der Waals surface area contributed by atoms with Crippen LogP contribution in [-0.2, 0) is 5.88 Å². The molecule has 0 spiro atoms. The molecule has 22 heavy (non-hydrogen) atoms. The van der Waals surface area contributed by atoms with Crippen LogP contribution in [0.1, 0.15) is 11.3 Å². The zero-order valence-corrected chi connectivity index (χ0v) is 13.5. The van der Waals surface area contributed by atoms with Gasteiger partial charge in [0.15, 0.2) is 11.5 Å². The standard InChI is InChI=1S/C17H17ClN2O2/c1-11-4-7-16-19-17(13(9-18)20(16)10-11)12-5-6-14(21-2)15(8-12)22-3/h4-8,10H,9H2,1-3H3. The quantitative estimate of drug-likeness (QED) is 0.681. The lowest BCUT2D eigenvalue weighted by atomic mass is 10.1. The monoisotopic (exact) mass is 316 g/mol. The van der Waals surface area contributed by atoms with Gasteiger partial charge in [0.05, 0.1) is 31.5 Å². The van der Waals surface area contributed by atoms with Crippen LogP contribution < -0.4 is 9.47 Å². The van der Waals surface area contributed by atoms with Crippen molar-refractivity contribution >= 4 is 17.2 Å². The first-order valence-corrected chi connectivity index (χ1v) is 7.47. The smallest absolute Gasteiger partial charge is 0.161 e. The van der Waals surface area contributed by atoms with E-state index in [1.165, 1.54) is 0 Å². The Hall–Kier alpha value is -2.20. The Balaban J connectivity index is 2.21. The lowest BCUT2D eigenvalue weighted by Crippen LogP contribution is -1.94. The maximum absolute atomic E-state index is 6.17. The number of aromatic nitrogens is 2. The second-order valence-electron chi connectivity index (χ2n) is 5.05. The van der Waals surface area contributed by atoms with Crippen LogP contribution in [0.25, 0.3) is 16.9 Å². The van der Waals surface area contributed by atoms with Gasteiger partial charge in [0.1, 0.15) is 5.65 Å². The summed E-state index contributed by atoms with van der Waals surface area (Å²) in [6, 6.07) is 9.80. The molecule has 0 saturated heterocycles. The first kappa shape index (κ1) is 14.7. The molecular formula is C17H17ClN2O2. The van der Waals surface area contributed by atoms with Gasteiger partial charge in [0.25, 0.3) is 0 Å². The summed E-state index contributed by atoms with van der Waals surface area (Å²) in [4.78, 5) is 4.71. The normalized spacial score (nSPS) is 10.9. The predicted octanol–water partition coefficient (Wildman–Crippen LogP) is 4.07. The number of methoxy groups -OCH3 is 2. The van der Waals surface area contributed by atoms with Crippen molar-refractivity contribution in [3.8, 4) is 22.8 Å². The number of nitrogens with zero attached hydrogens (tertiary/aromatic N) is 2. The lowest BCUT2D eigenvalue weighted by molar-refractivity contribution is 0.355. The summed E-state index contributed by atoms with van der Waals surface area (Å²) in [5.74, 6) is 1.75. The Kier molecular flexibility index (Phi) is 3.94. The molecule has 3 rings (SSSR count). The highest BCUT2D eigenvalue weighted by Crippen LogP contribution is 2.34. The molecule has 2 aromatic heterocycles. The average molecular weight is 317 g/mol. The van der Waals surface area contributed by atoms with Gasteiger partial charge in [0.2, 0.25) is 0 Å². The molecule has 0 fully saturated rings. The number of halogens is 1. The molecule has 0 aliphatic carbocycles. The van der Waals surface area contributed by atoms with E-state index in [9.17, 15) is 0 Å². The highest BCUT2D eigenvalue weighted by molar-refractivity contribution is 6.17. The summed E-state index contributed by atoms with van der Waals surface area (Å²) in [6.45, 7) is 2.05. The first-order valence-electron chi connectivity index (χ1n) is 6.94. The fourth-order valence-electron chi connectivity index (χ4n) is 2.54. The molecule has 0 unspecified atom stereocenters. The second-order valence-corrected chi connectivity index (χ2v) is 5.31. The molecular weight excluding hydrogens is 300 g/mol. The van der Waals surface area contributed by atoms with Crippen molar-refractivity contribution < 1.29 is 9.47 Å². The Bertz CT molecular complexity index is 827. The van der Waals surface area contributed by atoms with Crippen LogP contribution in [-0.4, -0.2) is 23.6 Å². The summed E-state index contributed by atoms with van der Waals surface area (Å²) in [5.41, 5.74) is 4.82. The third-order valence-electron chi connectivity index (χ3n) is 3.65. The van der Waals surface area contributed by atoms with E-state index in [1.54, 1.807) is 14.2 Å². The van der Waals surface area contributed by atoms with Crippen LogP contribution in [0.2, 0.25) is 0 Å². The van der Waals surface area contributed by atoms with E-state index >= 15 is 0 Å². The van der Waals surface area contributed by atoms with Crippen molar-refractivity contribution in [1.29, 1.82) is 0 Å². The van der Waals surface area contributed by atoms with E-state index in [0.29, 0.717) is 17.4 Å². The number of hydrogen-bond acceptors (Lipinski definition) is 3. The van der Waals surface area contributed by atoms with Gasteiger partial charge < -0.3 is 13.9 Å². The van der Waals surface area contributed by atoms with Crippen molar-refractivity contribution in [2.75, 3.05) is 14.2 Å². The van der Waals surface area contributed by atoms with E-state index < -0.39 is 0 Å². The maximum Gasteiger partial charge on any atom is 0.161 e. The minimum atomic E-state index is 0.383. The third-order valence-corrected chi connectivity index (χ3v) is 3.90. The van der Waals surface area contributed by atoms with E-state index in [2.05, 4.69) is 0 Å². The number of hydrogen-bond donors (Lipinski definition) is 0. The number of fused-ring (bicyclic) bond motifs is 1. The fourth-order valence-corrected chi connectivity index (χ4v) is 2.80. The van der Waals surface area contributed by atoms with Crippen LogP contribution in [0.5, 0.6) is 11.5 Å². The topological polar surface area (TPSA) is 35.8 Å². The molecule has 0 aliphatic rings. The molecule has 114 valence electrons.